The number of hydrogen-bond donors (Lipinski definition) is 0. The molecule has 1 rings (SSSR count). The van der Waals surface area contributed by atoms with Gasteiger partial charge in [-0.15, -0.1) is 0 Å². The third-order valence-corrected chi connectivity index (χ3v) is 0.903. The van der Waals surface area contributed by atoms with Gasteiger partial charge in [0.05, 0.1) is 11.6 Å². The van der Waals surface area contributed by atoms with E-state index in [4.69, 9.17) is 10.1 Å². The zero-order valence-electron chi connectivity index (χ0n) is 5.70. The van der Waals surface area contributed by atoms with E-state index in [1.54, 1.807) is 12.1 Å². The lowest BCUT2D eigenvalue weighted by molar-refractivity contribution is 0.569. The van der Waals surface area contributed by atoms with Crippen LogP contribution in [0.4, 0.5) is 0 Å². The number of nitrogens with zero attached hydrogens (tertiary/aromatic N) is 1. The van der Waals surface area contributed by atoms with E-state index in [0.717, 1.165) is 0 Å². The first-order chi connectivity index (χ1) is 5.35. The van der Waals surface area contributed by atoms with E-state index >= 15 is 0 Å². The van der Waals surface area contributed by atoms with Crippen LogP contribution in [0.15, 0.2) is 30.3 Å². The molecule has 0 aromatic heterocycles. The van der Waals surface area contributed by atoms with Crippen molar-refractivity contribution in [3.05, 3.63) is 35.9 Å². The lowest BCUT2D eigenvalue weighted by Gasteiger charge is -1.80. The summed E-state index contributed by atoms with van der Waals surface area (Å²) in [5.74, 6) is 0.222. The summed E-state index contributed by atoms with van der Waals surface area (Å²) in [6.45, 7) is 0. The summed E-state index contributed by atoms with van der Waals surface area (Å²) < 4.78 is 0. The van der Waals surface area contributed by atoms with E-state index in [2.05, 4.69) is 11.6 Å². The second kappa shape index (κ2) is 6.79. The van der Waals surface area contributed by atoms with Gasteiger partial charge in [0.1, 0.15) is 0 Å². The van der Waals surface area contributed by atoms with Crippen molar-refractivity contribution in [2.24, 2.45) is 0 Å². The van der Waals surface area contributed by atoms with E-state index < -0.39 is 0 Å². The zero-order chi connectivity index (χ0) is 8.53. The molecule has 1 aromatic carbocycles. The average Bonchev–Trinajstić information content (AvgIpc) is 2.08. The molecule has 0 fully saturated rings. The Balaban J connectivity index is 0.000000292. The molecule has 0 N–H and O–H groups in total. The zero-order valence-corrected chi connectivity index (χ0v) is 6.45. The predicted molar refractivity (Wildman–Crippen MR) is 43.8 cm³/mol. The summed E-state index contributed by atoms with van der Waals surface area (Å²) in [4.78, 5) is 8.57. The first kappa shape index (κ1) is 9.67. The highest BCUT2D eigenvalue weighted by molar-refractivity contribution is 6.54. The Morgan fingerprint density at radius 3 is 2.09 bits per heavy atom. The summed E-state index contributed by atoms with van der Waals surface area (Å²) in [5, 5.41) is 8.29. The first-order valence-electron chi connectivity index (χ1n) is 2.84. The second-order valence-electron chi connectivity index (χ2n) is 1.57. The van der Waals surface area contributed by atoms with Gasteiger partial charge in [-0.2, -0.15) is 5.26 Å². The third-order valence-electron chi connectivity index (χ3n) is 0.903. The van der Waals surface area contributed by atoms with E-state index in [1.807, 2.05) is 24.3 Å². The van der Waals surface area contributed by atoms with Crippen LogP contribution in [-0.4, -0.2) is 5.75 Å². The van der Waals surface area contributed by atoms with Crippen molar-refractivity contribution in [1.82, 2.24) is 0 Å². The SMILES string of the molecule is N#Cc1ccccc1.O=CCl. The van der Waals surface area contributed by atoms with Gasteiger partial charge in [0, 0.05) is 0 Å². The van der Waals surface area contributed by atoms with E-state index in [1.165, 1.54) is 0 Å². The maximum Gasteiger partial charge on any atom is 0.208 e. The largest absolute Gasteiger partial charge is 0.285 e. The Kier molecular flexibility index (Phi) is 5.96. The minimum Gasteiger partial charge on any atom is -0.285 e. The van der Waals surface area contributed by atoms with Crippen LogP contribution in [0.2, 0.25) is 0 Å². The quantitative estimate of drug-likeness (QED) is 0.438. The number of rotatable bonds is 0. The Morgan fingerprint density at radius 2 is 1.82 bits per heavy atom. The molecular weight excluding hydrogens is 162 g/mol. The van der Waals surface area contributed by atoms with Crippen LogP contribution in [0.3, 0.4) is 0 Å². The number of halogens is 1. The average molecular weight is 168 g/mol. The number of hydrogen-bond acceptors (Lipinski definition) is 2. The normalized spacial score (nSPS) is 6.91. The molecule has 0 aliphatic carbocycles. The number of nitriles is 1. The maximum absolute atomic E-state index is 8.57. The van der Waals surface area contributed by atoms with Crippen LogP contribution in [0.5, 0.6) is 0 Å². The lowest BCUT2D eigenvalue weighted by atomic mass is 10.2. The van der Waals surface area contributed by atoms with Crippen molar-refractivity contribution in [1.29, 1.82) is 5.26 Å². The van der Waals surface area contributed by atoms with Gasteiger partial charge in [-0.25, -0.2) is 0 Å². The fraction of sp³-hybridized carbons (Fsp3) is 0. The Labute approximate surface area is 70.0 Å². The molecule has 11 heavy (non-hydrogen) atoms. The minimum absolute atomic E-state index is 0.222. The van der Waals surface area contributed by atoms with Gasteiger partial charge in [0.2, 0.25) is 5.75 Å². The molecule has 0 aliphatic heterocycles. The molecule has 0 bridgehead atoms. The molecule has 0 spiro atoms. The van der Waals surface area contributed by atoms with Crippen molar-refractivity contribution in [3.63, 3.8) is 0 Å². The van der Waals surface area contributed by atoms with E-state index in [-0.39, 0.29) is 5.75 Å². The molecule has 0 atom stereocenters. The Morgan fingerprint density at radius 1 is 1.36 bits per heavy atom. The molecule has 0 heterocycles. The molecule has 56 valence electrons. The molecule has 0 saturated carbocycles. The highest BCUT2D eigenvalue weighted by Gasteiger charge is 1.79. The molecular formula is C8H6ClNO. The van der Waals surface area contributed by atoms with Gasteiger partial charge >= 0.3 is 0 Å². The first-order valence-corrected chi connectivity index (χ1v) is 3.27. The van der Waals surface area contributed by atoms with Crippen molar-refractivity contribution < 1.29 is 4.79 Å². The highest BCUT2D eigenvalue weighted by Crippen LogP contribution is 1.92. The van der Waals surface area contributed by atoms with Crippen molar-refractivity contribution in [3.8, 4) is 6.07 Å². The standard InChI is InChI=1S/C7H5N.CHClO/c8-6-7-4-2-1-3-5-7;2-1-3/h1-5H;1H. The van der Waals surface area contributed by atoms with Crippen LogP contribution in [0.25, 0.3) is 0 Å². The third kappa shape index (κ3) is 5.13. The topological polar surface area (TPSA) is 40.9 Å². The van der Waals surface area contributed by atoms with Gasteiger partial charge in [0.25, 0.3) is 0 Å². The van der Waals surface area contributed by atoms with Gasteiger partial charge in [-0.3, -0.25) is 4.79 Å². The van der Waals surface area contributed by atoms with Crippen molar-refractivity contribution in [2.45, 2.75) is 0 Å². The molecule has 2 nitrogen and oxygen atoms in total. The van der Waals surface area contributed by atoms with Gasteiger partial charge in [-0.05, 0) is 23.7 Å². The monoisotopic (exact) mass is 167 g/mol. The lowest BCUT2D eigenvalue weighted by Crippen LogP contribution is -1.66. The van der Waals surface area contributed by atoms with Crippen molar-refractivity contribution >= 4 is 17.3 Å². The summed E-state index contributed by atoms with van der Waals surface area (Å²) in [6, 6.07) is 11.2. The molecule has 0 radical (unpaired) electrons. The molecule has 0 amide bonds. The van der Waals surface area contributed by atoms with Gasteiger partial charge in [0.15, 0.2) is 0 Å². The summed E-state index contributed by atoms with van der Waals surface area (Å²) in [7, 11) is 0. The molecule has 3 heteroatoms. The van der Waals surface area contributed by atoms with Crippen LogP contribution in [0, 0.1) is 11.3 Å². The van der Waals surface area contributed by atoms with E-state index in [9.17, 15) is 0 Å². The molecule has 0 unspecified atom stereocenters. The minimum atomic E-state index is 0.222. The van der Waals surface area contributed by atoms with Crippen LogP contribution in [0.1, 0.15) is 5.56 Å². The molecule has 0 saturated heterocycles. The summed E-state index contributed by atoms with van der Waals surface area (Å²) >= 11 is 4.32. The Bertz CT molecular complexity index is 240. The fourth-order valence-electron chi connectivity index (χ4n) is 0.513. The van der Waals surface area contributed by atoms with E-state index in [0.29, 0.717) is 5.56 Å². The summed E-state index contributed by atoms with van der Waals surface area (Å²) in [5.41, 5.74) is 0.715. The van der Waals surface area contributed by atoms with Crippen molar-refractivity contribution in [2.75, 3.05) is 0 Å². The number of benzene rings is 1. The number of carbonyl (C=O) groups is 1. The number of carbonyl (C=O) groups excluding carboxylic acids is 1. The van der Waals surface area contributed by atoms with Crippen LogP contribution >= 0.6 is 11.6 Å². The van der Waals surface area contributed by atoms with Gasteiger partial charge in [-0.1, -0.05) is 18.2 Å². The second-order valence-corrected chi connectivity index (χ2v) is 1.75. The Hall–Kier alpha value is -1.33. The molecule has 1 aromatic rings. The highest BCUT2D eigenvalue weighted by atomic mass is 35.5. The summed E-state index contributed by atoms with van der Waals surface area (Å²) in [6.07, 6.45) is 0. The van der Waals surface area contributed by atoms with Crippen LogP contribution in [-0.2, 0) is 4.79 Å². The van der Waals surface area contributed by atoms with Gasteiger partial charge < -0.3 is 0 Å². The molecule has 0 aliphatic rings. The fourth-order valence-corrected chi connectivity index (χ4v) is 0.513. The smallest absolute Gasteiger partial charge is 0.208 e. The van der Waals surface area contributed by atoms with Crippen LogP contribution < -0.4 is 0 Å². The predicted octanol–water partition coefficient (Wildman–Crippen LogP) is 1.97. The maximum atomic E-state index is 8.57.